The van der Waals surface area contributed by atoms with Crippen molar-refractivity contribution in [1.82, 2.24) is 15.5 Å². The summed E-state index contributed by atoms with van der Waals surface area (Å²) < 4.78 is 11.0. The fourth-order valence-electron chi connectivity index (χ4n) is 2.29. The monoisotopic (exact) mass is 373 g/mol. The van der Waals surface area contributed by atoms with Crippen LogP contribution in [0.5, 0.6) is 5.19 Å². The van der Waals surface area contributed by atoms with Gasteiger partial charge >= 0.3 is 0 Å². The SMILES string of the molecule is Cc1onc(-c2ccccc2)c1COc1ncc(C(=O)NC(C)CO)s1. The molecule has 2 N–H and O–H groups in total. The zero-order valence-electron chi connectivity index (χ0n) is 14.4. The summed E-state index contributed by atoms with van der Waals surface area (Å²) in [7, 11) is 0. The predicted molar refractivity (Wildman–Crippen MR) is 97.1 cm³/mol. The van der Waals surface area contributed by atoms with E-state index in [1.807, 2.05) is 37.3 Å². The van der Waals surface area contributed by atoms with Crippen molar-refractivity contribution in [2.24, 2.45) is 0 Å². The minimum absolute atomic E-state index is 0.122. The van der Waals surface area contributed by atoms with Gasteiger partial charge in [0.05, 0.1) is 18.4 Å². The normalized spacial score (nSPS) is 12.0. The molecule has 2 heterocycles. The van der Waals surface area contributed by atoms with Gasteiger partial charge in [0, 0.05) is 11.6 Å². The van der Waals surface area contributed by atoms with E-state index in [-0.39, 0.29) is 25.2 Å². The third-order valence-corrected chi connectivity index (χ3v) is 4.64. The number of ether oxygens (including phenoxy) is 1. The van der Waals surface area contributed by atoms with E-state index in [0.717, 1.165) is 28.2 Å². The lowest BCUT2D eigenvalue weighted by Crippen LogP contribution is -2.34. The van der Waals surface area contributed by atoms with Crippen molar-refractivity contribution in [2.45, 2.75) is 26.5 Å². The maximum atomic E-state index is 12.0. The van der Waals surface area contributed by atoms with Gasteiger partial charge in [-0.25, -0.2) is 4.98 Å². The number of aliphatic hydroxyl groups is 1. The van der Waals surface area contributed by atoms with Crippen molar-refractivity contribution >= 4 is 17.2 Å². The van der Waals surface area contributed by atoms with Gasteiger partial charge in [-0.15, -0.1) is 0 Å². The van der Waals surface area contributed by atoms with E-state index in [1.54, 1.807) is 6.92 Å². The van der Waals surface area contributed by atoms with Gasteiger partial charge in [-0.3, -0.25) is 4.79 Å². The summed E-state index contributed by atoms with van der Waals surface area (Å²) in [4.78, 5) is 16.6. The van der Waals surface area contributed by atoms with Crippen molar-refractivity contribution in [3.8, 4) is 16.5 Å². The average Bonchev–Trinajstić information content (AvgIpc) is 3.27. The lowest BCUT2D eigenvalue weighted by atomic mass is 10.1. The van der Waals surface area contributed by atoms with Crippen LogP contribution in [-0.2, 0) is 6.61 Å². The van der Waals surface area contributed by atoms with Crippen LogP contribution < -0.4 is 10.1 Å². The van der Waals surface area contributed by atoms with Crippen LogP contribution in [0.25, 0.3) is 11.3 Å². The molecule has 0 bridgehead atoms. The largest absolute Gasteiger partial charge is 0.465 e. The van der Waals surface area contributed by atoms with Gasteiger partial charge in [0.25, 0.3) is 11.1 Å². The molecule has 0 aliphatic heterocycles. The van der Waals surface area contributed by atoms with E-state index in [9.17, 15) is 4.79 Å². The van der Waals surface area contributed by atoms with Gasteiger partial charge in [0.15, 0.2) is 0 Å². The van der Waals surface area contributed by atoms with Crippen molar-refractivity contribution in [1.29, 1.82) is 0 Å². The Bertz CT molecular complexity index is 876. The Morgan fingerprint density at radius 1 is 1.38 bits per heavy atom. The highest BCUT2D eigenvalue weighted by molar-refractivity contribution is 7.15. The summed E-state index contributed by atoms with van der Waals surface area (Å²) in [5.74, 6) is 0.389. The molecule has 3 aromatic rings. The summed E-state index contributed by atoms with van der Waals surface area (Å²) >= 11 is 1.14. The van der Waals surface area contributed by atoms with Crippen LogP contribution in [0, 0.1) is 6.92 Å². The Labute approximate surface area is 154 Å². The van der Waals surface area contributed by atoms with Crippen LogP contribution in [0.15, 0.2) is 41.1 Å². The highest BCUT2D eigenvalue weighted by Crippen LogP contribution is 2.27. The quantitative estimate of drug-likeness (QED) is 0.661. The van der Waals surface area contributed by atoms with Gasteiger partial charge in [-0.05, 0) is 13.8 Å². The molecule has 0 saturated heterocycles. The number of aliphatic hydroxyl groups excluding tert-OH is 1. The predicted octanol–water partition coefficient (Wildman–Crippen LogP) is 2.80. The molecule has 1 amide bonds. The number of nitrogens with one attached hydrogen (secondary N) is 1. The minimum atomic E-state index is -0.318. The van der Waals surface area contributed by atoms with Crippen LogP contribution in [0.2, 0.25) is 0 Å². The molecule has 136 valence electrons. The van der Waals surface area contributed by atoms with Crippen LogP contribution in [0.3, 0.4) is 0 Å². The molecule has 1 atom stereocenters. The second-order valence-corrected chi connectivity index (χ2v) is 6.76. The van der Waals surface area contributed by atoms with Crippen molar-refractivity contribution < 1.29 is 19.2 Å². The molecule has 0 aliphatic carbocycles. The van der Waals surface area contributed by atoms with E-state index in [1.165, 1.54) is 6.20 Å². The van der Waals surface area contributed by atoms with Crippen molar-refractivity contribution in [3.63, 3.8) is 0 Å². The fourth-order valence-corrected chi connectivity index (χ4v) is 2.96. The first-order valence-corrected chi connectivity index (χ1v) is 8.91. The Kier molecular flexibility index (Phi) is 5.65. The van der Waals surface area contributed by atoms with Gasteiger partial charge in [0.2, 0.25) is 0 Å². The van der Waals surface area contributed by atoms with Crippen molar-refractivity contribution in [3.05, 3.63) is 52.7 Å². The number of thiazole rings is 1. The smallest absolute Gasteiger partial charge is 0.274 e. The van der Waals surface area contributed by atoms with E-state index in [0.29, 0.717) is 15.8 Å². The van der Waals surface area contributed by atoms with Gasteiger partial charge in [-0.2, -0.15) is 0 Å². The lowest BCUT2D eigenvalue weighted by Gasteiger charge is -2.08. The highest BCUT2D eigenvalue weighted by atomic mass is 32.1. The number of amides is 1. The maximum absolute atomic E-state index is 12.0. The topological polar surface area (TPSA) is 97.5 Å². The van der Waals surface area contributed by atoms with Crippen LogP contribution in [0.4, 0.5) is 0 Å². The molecule has 8 heteroatoms. The molecule has 26 heavy (non-hydrogen) atoms. The number of rotatable bonds is 7. The Hall–Kier alpha value is -2.71. The zero-order valence-corrected chi connectivity index (χ0v) is 15.2. The molecule has 0 spiro atoms. The molecule has 0 radical (unpaired) electrons. The molecule has 7 nitrogen and oxygen atoms in total. The Morgan fingerprint density at radius 2 is 2.15 bits per heavy atom. The number of aromatic nitrogens is 2. The number of nitrogens with zero attached hydrogens (tertiary/aromatic N) is 2. The fraction of sp³-hybridized carbons (Fsp3) is 0.278. The molecule has 1 unspecified atom stereocenters. The third-order valence-electron chi connectivity index (χ3n) is 3.73. The summed E-state index contributed by atoms with van der Waals surface area (Å²) in [5.41, 5.74) is 2.51. The van der Waals surface area contributed by atoms with E-state index in [2.05, 4.69) is 15.5 Å². The number of benzene rings is 1. The van der Waals surface area contributed by atoms with E-state index in [4.69, 9.17) is 14.4 Å². The average molecular weight is 373 g/mol. The van der Waals surface area contributed by atoms with Gasteiger partial charge in [-0.1, -0.05) is 46.8 Å². The van der Waals surface area contributed by atoms with Crippen molar-refractivity contribution in [2.75, 3.05) is 6.61 Å². The van der Waals surface area contributed by atoms with Gasteiger partial charge < -0.3 is 19.7 Å². The molecule has 0 fully saturated rings. The number of hydrogen-bond donors (Lipinski definition) is 2. The molecular formula is C18H19N3O4S. The highest BCUT2D eigenvalue weighted by Gasteiger charge is 2.17. The summed E-state index contributed by atoms with van der Waals surface area (Å²) in [6, 6.07) is 9.39. The van der Waals surface area contributed by atoms with Gasteiger partial charge in [0.1, 0.15) is 22.9 Å². The number of carbonyl (C=O) groups excluding carboxylic acids is 1. The third kappa shape index (κ3) is 4.09. The first-order valence-electron chi connectivity index (χ1n) is 8.09. The second-order valence-electron chi connectivity index (χ2n) is 5.77. The number of hydrogen-bond acceptors (Lipinski definition) is 7. The maximum Gasteiger partial charge on any atom is 0.274 e. The number of aryl methyl sites for hydroxylation is 1. The molecule has 0 aliphatic rings. The molecular weight excluding hydrogens is 354 g/mol. The minimum Gasteiger partial charge on any atom is -0.465 e. The first-order chi connectivity index (χ1) is 12.6. The van der Waals surface area contributed by atoms with Crippen LogP contribution >= 0.6 is 11.3 Å². The summed E-state index contributed by atoms with van der Waals surface area (Å²) in [6.07, 6.45) is 1.46. The summed E-state index contributed by atoms with van der Waals surface area (Å²) in [6.45, 7) is 3.66. The molecule has 0 saturated carbocycles. The molecule has 2 aromatic heterocycles. The Balaban J connectivity index is 1.69. The van der Waals surface area contributed by atoms with E-state index < -0.39 is 0 Å². The van der Waals surface area contributed by atoms with E-state index >= 15 is 0 Å². The zero-order chi connectivity index (χ0) is 18.5. The van der Waals surface area contributed by atoms with Crippen LogP contribution in [0.1, 0.15) is 27.9 Å². The Morgan fingerprint density at radius 3 is 2.88 bits per heavy atom. The standard InChI is InChI=1S/C18H19N3O4S/c1-11(9-22)20-17(23)15-8-19-18(26-15)24-10-14-12(2)25-21-16(14)13-6-4-3-5-7-13/h3-8,11,22H,9-10H2,1-2H3,(H,20,23). The molecule has 3 rings (SSSR count). The number of carbonyl (C=O) groups is 1. The molecule has 1 aromatic carbocycles. The lowest BCUT2D eigenvalue weighted by molar-refractivity contribution is 0.0926. The second kappa shape index (κ2) is 8.11. The van der Waals surface area contributed by atoms with Crippen LogP contribution in [-0.4, -0.2) is 33.8 Å². The first kappa shape index (κ1) is 18.1. The summed E-state index contributed by atoms with van der Waals surface area (Å²) in [5, 5.41) is 16.2.